The molecule has 1 aromatic rings. The Morgan fingerprint density at radius 3 is 2.53 bits per heavy atom. The molecule has 0 saturated heterocycles. The lowest BCUT2D eigenvalue weighted by molar-refractivity contribution is -0.130. The highest BCUT2D eigenvalue weighted by Gasteiger charge is 2.60. The summed E-state index contributed by atoms with van der Waals surface area (Å²) in [5, 5.41) is 0. The van der Waals surface area contributed by atoms with Gasteiger partial charge >= 0.3 is 0 Å². The van der Waals surface area contributed by atoms with Crippen LogP contribution in [0.1, 0.15) is 78.2 Å². The van der Waals surface area contributed by atoms with Crippen molar-refractivity contribution >= 4 is 17.6 Å². The summed E-state index contributed by atoms with van der Waals surface area (Å²) in [6, 6.07) is 6.00. The molecule has 0 aliphatic heterocycles. The highest BCUT2D eigenvalue weighted by atomic mass is 16.5. The Morgan fingerprint density at radius 2 is 1.79 bits per heavy atom. The molecule has 0 unspecified atom stereocenters. The third-order valence-corrected chi connectivity index (χ3v) is 10.7. The van der Waals surface area contributed by atoms with Crippen molar-refractivity contribution in [2.45, 2.75) is 72.6 Å². The van der Waals surface area contributed by atoms with Gasteiger partial charge in [-0.1, -0.05) is 39.3 Å². The largest absolute Gasteiger partial charge is 0.493 e. The molecular weight excluding hydrogens is 474 g/mol. The SMILES string of the molecule is CCN(CC)CCOc1cc(/C=C2\C[C@H]3[C@@H]4CCC5=CC(=O)CC[C@]5(C)[C@H]4CC[C@]3(C)C2=O)ccc1OC. The van der Waals surface area contributed by atoms with E-state index in [1.807, 2.05) is 24.3 Å². The maximum absolute atomic E-state index is 13.9. The summed E-state index contributed by atoms with van der Waals surface area (Å²) in [7, 11) is 1.67. The first-order valence-electron chi connectivity index (χ1n) is 14.8. The van der Waals surface area contributed by atoms with E-state index in [0.29, 0.717) is 42.3 Å². The van der Waals surface area contributed by atoms with Gasteiger partial charge in [0.05, 0.1) is 7.11 Å². The zero-order valence-corrected chi connectivity index (χ0v) is 24.0. The number of likely N-dealkylation sites (N-methyl/N-ethyl adjacent to an activating group) is 1. The van der Waals surface area contributed by atoms with E-state index in [-0.39, 0.29) is 10.8 Å². The van der Waals surface area contributed by atoms with Gasteiger partial charge in [-0.3, -0.25) is 9.59 Å². The summed E-state index contributed by atoms with van der Waals surface area (Å²) in [6.07, 6.45) is 10.7. The van der Waals surface area contributed by atoms with Gasteiger partial charge in [0.1, 0.15) is 6.61 Å². The van der Waals surface area contributed by atoms with Gasteiger partial charge in [-0.2, -0.15) is 0 Å². The van der Waals surface area contributed by atoms with Gasteiger partial charge in [0.25, 0.3) is 0 Å². The van der Waals surface area contributed by atoms with E-state index in [2.05, 4.69) is 38.7 Å². The van der Waals surface area contributed by atoms with Crippen molar-refractivity contribution < 1.29 is 19.1 Å². The predicted molar refractivity (Wildman–Crippen MR) is 151 cm³/mol. The van der Waals surface area contributed by atoms with Crippen molar-refractivity contribution in [2.24, 2.45) is 28.6 Å². The van der Waals surface area contributed by atoms with E-state index in [0.717, 1.165) is 80.8 Å². The third kappa shape index (κ3) is 4.65. The number of hydrogen-bond donors (Lipinski definition) is 0. The number of Topliss-reactive ketones (excluding diaryl/α,β-unsaturated/α-hetero) is 1. The van der Waals surface area contributed by atoms with Crippen LogP contribution in [0.25, 0.3) is 6.08 Å². The normalized spacial score (nSPS) is 33.6. The van der Waals surface area contributed by atoms with Gasteiger partial charge in [0.2, 0.25) is 0 Å². The smallest absolute Gasteiger partial charge is 0.165 e. The van der Waals surface area contributed by atoms with Crippen molar-refractivity contribution in [1.82, 2.24) is 4.90 Å². The molecule has 4 aliphatic rings. The fraction of sp³-hybridized carbons (Fsp3) is 0.636. The van der Waals surface area contributed by atoms with Crippen molar-refractivity contribution in [3.05, 3.63) is 41.0 Å². The van der Waals surface area contributed by atoms with Crippen LogP contribution in [-0.2, 0) is 9.59 Å². The van der Waals surface area contributed by atoms with Crippen LogP contribution in [0.5, 0.6) is 11.5 Å². The summed E-state index contributed by atoms with van der Waals surface area (Å²) in [4.78, 5) is 28.4. The first-order valence-corrected chi connectivity index (χ1v) is 14.8. The second kappa shape index (κ2) is 10.6. The number of benzene rings is 1. The van der Waals surface area contributed by atoms with Crippen molar-refractivity contribution in [2.75, 3.05) is 33.4 Å². The maximum Gasteiger partial charge on any atom is 0.165 e. The lowest BCUT2D eigenvalue weighted by atomic mass is 9.47. The number of carbonyl (C=O) groups excluding carboxylic acids is 2. The van der Waals surface area contributed by atoms with Crippen LogP contribution in [0.15, 0.2) is 35.4 Å². The van der Waals surface area contributed by atoms with Crippen LogP contribution < -0.4 is 9.47 Å². The summed E-state index contributed by atoms with van der Waals surface area (Å²) in [5.41, 5.74) is 3.19. The van der Waals surface area contributed by atoms with E-state index in [1.54, 1.807) is 7.11 Å². The van der Waals surface area contributed by atoms with Gasteiger partial charge in [-0.25, -0.2) is 0 Å². The monoisotopic (exact) mass is 519 g/mol. The maximum atomic E-state index is 13.9. The second-order valence-electron chi connectivity index (χ2n) is 12.4. The van der Waals surface area contributed by atoms with Crippen molar-refractivity contribution in [1.29, 1.82) is 0 Å². The Morgan fingerprint density at radius 1 is 1.00 bits per heavy atom. The molecule has 0 amide bonds. The standard InChI is InChI=1S/C33H45NO4/c1-6-34(7-2)16-17-38-30-19-22(8-11-29(30)37-5)18-23-20-28-26-10-9-24-21-25(35)12-14-32(24,3)27(26)13-15-33(28,4)31(23)36/h8,11,18-19,21,26-28H,6-7,9-10,12-17,20H2,1-5H3/b23-18+/t26-,27+,28+,32+,33+/m1/s1. The number of methoxy groups -OCH3 is 1. The quantitative estimate of drug-likeness (QED) is 0.367. The van der Waals surface area contributed by atoms with Gasteiger partial charge in [-0.05, 0) is 110 Å². The molecular formula is C33H45NO4. The first kappa shape index (κ1) is 27.2. The molecule has 38 heavy (non-hydrogen) atoms. The number of allylic oxidation sites excluding steroid dienone is 2. The third-order valence-electron chi connectivity index (χ3n) is 10.7. The number of carbonyl (C=O) groups is 2. The Bertz CT molecular complexity index is 1150. The summed E-state index contributed by atoms with van der Waals surface area (Å²) in [6.45, 7) is 12.4. The molecule has 5 rings (SSSR count). The molecule has 0 N–H and O–H groups in total. The molecule has 0 heterocycles. The van der Waals surface area contributed by atoms with Crippen LogP contribution >= 0.6 is 0 Å². The minimum Gasteiger partial charge on any atom is -0.493 e. The van der Waals surface area contributed by atoms with Crippen LogP contribution in [0.2, 0.25) is 0 Å². The minimum absolute atomic E-state index is 0.126. The number of ether oxygens (including phenoxy) is 2. The zero-order valence-electron chi connectivity index (χ0n) is 24.0. The van der Waals surface area contributed by atoms with Gasteiger partial charge < -0.3 is 14.4 Å². The van der Waals surface area contributed by atoms with E-state index in [1.165, 1.54) is 5.57 Å². The Balaban J connectivity index is 1.37. The molecule has 3 fully saturated rings. The Labute approximate surface area is 228 Å². The molecule has 5 nitrogen and oxygen atoms in total. The summed E-state index contributed by atoms with van der Waals surface area (Å²) < 4.78 is 11.7. The molecule has 1 aromatic carbocycles. The number of fused-ring (bicyclic) bond motifs is 5. The average molecular weight is 520 g/mol. The average Bonchev–Trinajstić information content (AvgIpc) is 3.17. The zero-order chi connectivity index (χ0) is 27.1. The van der Waals surface area contributed by atoms with Gasteiger partial charge in [0.15, 0.2) is 23.1 Å². The second-order valence-corrected chi connectivity index (χ2v) is 12.4. The molecule has 0 bridgehead atoms. The van der Waals surface area contributed by atoms with Gasteiger partial charge in [0, 0.05) is 18.4 Å². The molecule has 0 aromatic heterocycles. The first-order chi connectivity index (χ1) is 18.2. The van der Waals surface area contributed by atoms with Crippen LogP contribution in [0.4, 0.5) is 0 Å². The molecule has 4 aliphatic carbocycles. The van der Waals surface area contributed by atoms with Crippen LogP contribution in [-0.4, -0.2) is 49.8 Å². The van der Waals surface area contributed by atoms with Crippen LogP contribution in [0.3, 0.4) is 0 Å². The number of ketones is 2. The molecule has 206 valence electrons. The predicted octanol–water partition coefficient (Wildman–Crippen LogP) is 6.51. The van der Waals surface area contributed by atoms with Crippen molar-refractivity contribution in [3.8, 4) is 11.5 Å². The summed E-state index contributed by atoms with van der Waals surface area (Å²) in [5.74, 6) is 3.60. The number of nitrogens with zero attached hydrogens (tertiary/aromatic N) is 1. The lowest BCUT2D eigenvalue weighted by Crippen LogP contribution is -2.50. The van der Waals surface area contributed by atoms with Gasteiger partial charge in [-0.15, -0.1) is 0 Å². The topological polar surface area (TPSA) is 55.8 Å². The highest BCUT2D eigenvalue weighted by Crippen LogP contribution is 2.65. The minimum atomic E-state index is -0.273. The highest BCUT2D eigenvalue weighted by molar-refractivity contribution is 6.06. The molecule has 5 heteroatoms. The lowest BCUT2D eigenvalue weighted by Gasteiger charge is -2.56. The summed E-state index contributed by atoms with van der Waals surface area (Å²) >= 11 is 0. The number of hydrogen-bond acceptors (Lipinski definition) is 5. The molecule has 5 atom stereocenters. The van der Waals surface area contributed by atoms with Crippen LogP contribution in [0, 0.1) is 28.6 Å². The van der Waals surface area contributed by atoms with E-state index in [9.17, 15) is 9.59 Å². The molecule has 0 radical (unpaired) electrons. The molecule has 0 spiro atoms. The fourth-order valence-electron chi connectivity index (χ4n) is 8.28. The van der Waals surface area contributed by atoms with E-state index >= 15 is 0 Å². The number of rotatable bonds is 8. The Kier molecular flexibility index (Phi) is 7.61. The molecule has 3 saturated carbocycles. The van der Waals surface area contributed by atoms with E-state index in [4.69, 9.17) is 9.47 Å². The van der Waals surface area contributed by atoms with Crippen molar-refractivity contribution in [3.63, 3.8) is 0 Å². The fourth-order valence-corrected chi connectivity index (χ4v) is 8.28. The Hall–Kier alpha value is -2.40. The van der Waals surface area contributed by atoms with E-state index < -0.39 is 0 Å².